The highest BCUT2D eigenvalue weighted by atomic mass is 19.1. The van der Waals surface area contributed by atoms with Gasteiger partial charge in [-0.2, -0.15) is 5.10 Å². The number of aromatic nitrogens is 2. The van der Waals surface area contributed by atoms with Gasteiger partial charge in [-0.15, -0.1) is 0 Å². The maximum absolute atomic E-state index is 13.8. The number of hydrogen-bond donors (Lipinski definition) is 1. The topological polar surface area (TPSA) is 29.9 Å². The summed E-state index contributed by atoms with van der Waals surface area (Å²) in [7, 11) is 1.84. The molecular formula is C12H14FN3. The normalized spacial score (nSPS) is 10.7. The molecule has 0 aliphatic carbocycles. The highest BCUT2D eigenvalue weighted by Gasteiger charge is 2.06. The van der Waals surface area contributed by atoms with Gasteiger partial charge in [0.15, 0.2) is 0 Å². The van der Waals surface area contributed by atoms with Crippen molar-refractivity contribution < 1.29 is 4.39 Å². The molecule has 0 atom stereocenters. The summed E-state index contributed by atoms with van der Waals surface area (Å²) in [4.78, 5) is 0. The first kappa shape index (κ1) is 10.8. The summed E-state index contributed by atoms with van der Waals surface area (Å²) in [6.45, 7) is 2.59. The number of aryl methyl sites for hydroxylation is 1. The van der Waals surface area contributed by atoms with Crippen LogP contribution in [-0.2, 0) is 6.54 Å². The van der Waals surface area contributed by atoms with E-state index in [1.807, 2.05) is 20.0 Å². The molecule has 1 N–H and O–H groups in total. The number of hydrogen-bond acceptors (Lipinski definition) is 2. The molecule has 0 saturated heterocycles. The molecule has 1 aromatic carbocycles. The van der Waals surface area contributed by atoms with Crippen molar-refractivity contribution in [3.63, 3.8) is 0 Å². The Morgan fingerprint density at radius 3 is 2.81 bits per heavy atom. The van der Waals surface area contributed by atoms with Crippen LogP contribution >= 0.6 is 0 Å². The van der Waals surface area contributed by atoms with Crippen LogP contribution in [0.15, 0.2) is 30.6 Å². The van der Waals surface area contributed by atoms with Gasteiger partial charge in [-0.3, -0.25) is 0 Å². The van der Waals surface area contributed by atoms with Crippen LogP contribution in [0.5, 0.6) is 0 Å². The van der Waals surface area contributed by atoms with Gasteiger partial charge < -0.3 is 5.32 Å². The van der Waals surface area contributed by atoms with Gasteiger partial charge in [0.05, 0.1) is 6.20 Å². The predicted molar refractivity (Wildman–Crippen MR) is 61.0 cm³/mol. The lowest BCUT2D eigenvalue weighted by atomic mass is 10.2. The second-order valence-electron chi connectivity index (χ2n) is 3.78. The van der Waals surface area contributed by atoms with E-state index >= 15 is 0 Å². The van der Waals surface area contributed by atoms with Crippen LogP contribution in [-0.4, -0.2) is 16.8 Å². The molecule has 0 amide bonds. The lowest BCUT2D eigenvalue weighted by molar-refractivity contribution is 0.607. The molecule has 0 spiro atoms. The van der Waals surface area contributed by atoms with Gasteiger partial charge in [0, 0.05) is 12.7 Å². The SMILES string of the molecule is CNCc1ccc(-n2cc(C)cn2)c(F)c1. The summed E-state index contributed by atoms with van der Waals surface area (Å²) >= 11 is 0. The molecule has 0 aliphatic heterocycles. The quantitative estimate of drug-likeness (QED) is 0.856. The van der Waals surface area contributed by atoms with Gasteiger partial charge in [0.1, 0.15) is 11.5 Å². The fourth-order valence-corrected chi connectivity index (χ4v) is 1.59. The Balaban J connectivity index is 2.36. The van der Waals surface area contributed by atoms with Crippen LogP contribution in [0.25, 0.3) is 5.69 Å². The molecule has 0 unspecified atom stereocenters. The number of benzene rings is 1. The maximum atomic E-state index is 13.8. The maximum Gasteiger partial charge on any atom is 0.149 e. The van der Waals surface area contributed by atoms with Gasteiger partial charge in [0.25, 0.3) is 0 Å². The van der Waals surface area contributed by atoms with Crippen molar-refractivity contribution in [3.05, 3.63) is 47.5 Å². The van der Waals surface area contributed by atoms with Crippen molar-refractivity contribution in [2.24, 2.45) is 0 Å². The van der Waals surface area contributed by atoms with Crippen LogP contribution in [0.3, 0.4) is 0 Å². The minimum Gasteiger partial charge on any atom is -0.316 e. The summed E-state index contributed by atoms with van der Waals surface area (Å²) < 4.78 is 15.3. The lowest BCUT2D eigenvalue weighted by Crippen LogP contribution is -2.06. The Hall–Kier alpha value is -1.68. The first-order chi connectivity index (χ1) is 7.70. The van der Waals surface area contributed by atoms with Crippen LogP contribution in [0, 0.1) is 12.7 Å². The standard InChI is InChI=1S/C12H14FN3/c1-9-6-15-16(8-9)12-4-3-10(7-14-2)5-11(12)13/h3-6,8,14H,7H2,1-2H3. The molecule has 3 nitrogen and oxygen atoms in total. The highest BCUT2D eigenvalue weighted by molar-refractivity contribution is 5.36. The van der Waals surface area contributed by atoms with Crippen molar-refractivity contribution in [2.75, 3.05) is 7.05 Å². The summed E-state index contributed by atoms with van der Waals surface area (Å²) in [6.07, 6.45) is 3.51. The van der Waals surface area contributed by atoms with Crippen molar-refractivity contribution in [1.29, 1.82) is 0 Å². The molecule has 1 aromatic heterocycles. The first-order valence-electron chi connectivity index (χ1n) is 5.15. The Bertz CT molecular complexity index is 491. The molecule has 0 bridgehead atoms. The van der Waals surface area contributed by atoms with E-state index in [-0.39, 0.29) is 5.82 Å². The summed E-state index contributed by atoms with van der Waals surface area (Å²) in [5.74, 6) is -0.254. The summed E-state index contributed by atoms with van der Waals surface area (Å²) in [5.41, 5.74) is 2.42. The molecule has 16 heavy (non-hydrogen) atoms. The van der Waals surface area contributed by atoms with Crippen LogP contribution in [0.2, 0.25) is 0 Å². The van der Waals surface area contributed by atoms with Gasteiger partial charge in [-0.05, 0) is 37.2 Å². The molecule has 0 saturated carbocycles. The molecule has 4 heteroatoms. The monoisotopic (exact) mass is 219 g/mol. The third kappa shape index (κ3) is 2.12. The summed E-state index contributed by atoms with van der Waals surface area (Å²) in [6, 6.07) is 5.17. The predicted octanol–water partition coefficient (Wildman–Crippen LogP) is 2.04. The first-order valence-corrected chi connectivity index (χ1v) is 5.15. The largest absolute Gasteiger partial charge is 0.316 e. The Morgan fingerprint density at radius 1 is 1.44 bits per heavy atom. The van der Waals surface area contributed by atoms with Gasteiger partial charge >= 0.3 is 0 Å². The Labute approximate surface area is 93.9 Å². The zero-order chi connectivity index (χ0) is 11.5. The van der Waals surface area contributed by atoms with Gasteiger partial charge in [-0.25, -0.2) is 9.07 Å². The second-order valence-corrected chi connectivity index (χ2v) is 3.78. The third-order valence-electron chi connectivity index (χ3n) is 2.35. The number of rotatable bonds is 3. The van der Waals surface area contributed by atoms with E-state index in [1.54, 1.807) is 23.1 Å². The highest BCUT2D eigenvalue weighted by Crippen LogP contribution is 2.15. The number of halogens is 1. The molecule has 84 valence electrons. The number of nitrogens with zero attached hydrogens (tertiary/aromatic N) is 2. The van der Waals surface area contributed by atoms with Crippen LogP contribution in [0.4, 0.5) is 4.39 Å². The molecule has 2 rings (SSSR count). The van der Waals surface area contributed by atoms with E-state index in [2.05, 4.69) is 10.4 Å². The smallest absolute Gasteiger partial charge is 0.149 e. The summed E-state index contributed by atoms with van der Waals surface area (Å²) in [5, 5.41) is 7.07. The molecule has 0 fully saturated rings. The molecular weight excluding hydrogens is 205 g/mol. The average molecular weight is 219 g/mol. The average Bonchev–Trinajstić information content (AvgIpc) is 2.65. The number of nitrogens with one attached hydrogen (secondary N) is 1. The van der Waals surface area contributed by atoms with Gasteiger partial charge in [-0.1, -0.05) is 6.07 Å². The van der Waals surface area contributed by atoms with Gasteiger partial charge in [0.2, 0.25) is 0 Å². The van der Waals surface area contributed by atoms with Crippen LogP contribution < -0.4 is 5.32 Å². The minimum absolute atomic E-state index is 0.254. The van der Waals surface area contributed by atoms with E-state index < -0.39 is 0 Å². The second kappa shape index (κ2) is 4.45. The van der Waals surface area contributed by atoms with E-state index in [0.29, 0.717) is 12.2 Å². The van der Waals surface area contributed by atoms with Crippen molar-refractivity contribution >= 4 is 0 Å². The molecule has 2 aromatic rings. The van der Waals surface area contributed by atoms with E-state index in [4.69, 9.17) is 0 Å². The minimum atomic E-state index is -0.254. The molecule has 0 radical (unpaired) electrons. The van der Waals surface area contributed by atoms with Crippen molar-refractivity contribution in [3.8, 4) is 5.69 Å². The molecule has 1 heterocycles. The Morgan fingerprint density at radius 2 is 2.25 bits per heavy atom. The third-order valence-corrected chi connectivity index (χ3v) is 2.35. The zero-order valence-electron chi connectivity index (χ0n) is 9.37. The van der Waals surface area contributed by atoms with E-state index in [9.17, 15) is 4.39 Å². The fourth-order valence-electron chi connectivity index (χ4n) is 1.59. The zero-order valence-corrected chi connectivity index (χ0v) is 9.37. The van der Waals surface area contributed by atoms with Crippen molar-refractivity contribution in [1.82, 2.24) is 15.1 Å². The van der Waals surface area contributed by atoms with Crippen LogP contribution in [0.1, 0.15) is 11.1 Å². The fraction of sp³-hybridized carbons (Fsp3) is 0.250. The van der Waals surface area contributed by atoms with E-state index in [0.717, 1.165) is 11.1 Å². The Kier molecular flexibility index (Phi) is 3.01. The lowest BCUT2D eigenvalue weighted by Gasteiger charge is -2.05. The molecule has 0 aliphatic rings. The van der Waals surface area contributed by atoms with E-state index in [1.165, 1.54) is 6.07 Å². The van der Waals surface area contributed by atoms with Crippen molar-refractivity contribution in [2.45, 2.75) is 13.5 Å².